The standard InChI is InChI=1S/C25H23N5O3/c1-17-8-10-18(11-9-17)16-33-21-13-12-19(14-22(21)32-2)15-26-29-25-27-24(31)23(28-30-25)20-6-4-3-5-7-20/h3-15H,16H2,1-2H3,(H2,27,29,30,31)/b26-15+. The van der Waals surface area contributed by atoms with Crippen LogP contribution in [0.1, 0.15) is 16.7 Å². The van der Waals surface area contributed by atoms with Gasteiger partial charge in [-0.1, -0.05) is 60.2 Å². The van der Waals surface area contributed by atoms with Crippen molar-refractivity contribution >= 4 is 12.2 Å². The van der Waals surface area contributed by atoms with Crippen LogP contribution in [-0.2, 0) is 6.61 Å². The highest BCUT2D eigenvalue weighted by molar-refractivity contribution is 5.81. The van der Waals surface area contributed by atoms with Gasteiger partial charge in [0.2, 0.25) is 5.95 Å². The van der Waals surface area contributed by atoms with Gasteiger partial charge in [-0.3, -0.25) is 9.78 Å². The first-order valence-corrected chi connectivity index (χ1v) is 10.3. The van der Waals surface area contributed by atoms with Crippen LogP contribution in [0.5, 0.6) is 11.5 Å². The topological polar surface area (TPSA) is 101 Å². The molecule has 3 aromatic carbocycles. The van der Waals surface area contributed by atoms with Gasteiger partial charge in [0, 0.05) is 5.56 Å². The van der Waals surface area contributed by atoms with E-state index < -0.39 is 0 Å². The first-order chi connectivity index (χ1) is 16.1. The first kappa shape index (κ1) is 21.8. The molecular formula is C25H23N5O3. The molecule has 33 heavy (non-hydrogen) atoms. The molecule has 8 heteroatoms. The Morgan fingerprint density at radius 3 is 2.52 bits per heavy atom. The number of anilines is 1. The van der Waals surface area contributed by atoms with Crippen molar-refractivity contribution in [1.82, 2.24) is 15.2 Å². The number of H-pyrrole nitrogens is 1. The van der Waals surface area contributed by atoms with E-state index in [1.807, 2.05) is 55.5 Å². The average Bonchev–Trinajstić information content (AvgIpc) is 2.84. The molecule has 0 radical (unpaired) electrons. The van der Waals surface area contributed by atoms with Gasteiger partial charge < -0.3 is 9.47 Å². The van der Waals surface area contributed by atoms with Gasteiger partial charge in [-0.05, 0) is 36.2 Å². The molecule has 0 saturated heterocycles. The Morgan fingerprint density at radius 2 is 1.79 bits per heavy atom. The number of rotatable bonds is 8. The molecule has 0 aliphatic carbocycles. The number of aromatic nitrogens is 3. The van der Waals surface area contributed by atoms with Crippen molar-refractivity contribution in [3.8, 4) is 22.8 Å². The van der Waals surface area contributed by atoms with E-state index in [2.05, 4.69) is 37.8 Å². The SMILES string of the molecule is COc1cc(/C=N/Nc2nnc(-c3ccccc3)c(=O)[nH]2)ccc1OCc1ccc(C)cc1. The van der Waals surface area contributed by atoms with Gasteiger partial charge in [0.05, 0.1) is 13.3 Å². The smallest absolute Gasteiger partial charge is 0.279 e. The van der Waals surface area contributed by atoms with Crippen LogP contribution in [0.2, 0.25) is 0 Å². The van der Waals surface area contributed by atoms with Crippen LogP contribution in [0.3, 0.4) is 0 Å². The Balaban J connectivity index is 1.40. The van der Waals surface area contributed by atoms with Gasteiger partial charge in [0.25, 0.3) is 5.56 Å². The maximum Gasteiger partial charge on any atom is 0.279 e. The zero-order valence-corrected chi connectivity index (χ0v) is 18.3. The largest absolute Gasteiger partial charge is 0.493 e. The van der Waals surface area contributed by atoms with E-state index in [-0.39, 0.29) is 17.2 Å². The van der Waals surface area contributed by atoms with Crippen LogP contribution >= 0.6 is 0 Å². The summed E-state index contributed by atoms with van der Waals surface area (Å²) in [6.45, 7) is 2.49. The summed E-state index contributed by atoms with van der Waals surface area (Å²) in [4.78, 5) is 14.9. The molecule has 0 spiro atoms. The number of hydrogen-bond acceptors (Lipinski definition) is 7. The second-order valence-corrected chi connectivity index (χ2v) is 7.27. The van der Waals surface area contributed by atoms with Crippen molar-refractivity contribution in [2.75, 3.05) is 12.5 Å². The highest BCUT2D eigenvalue weighted by Crippen LogP contribution is 2.28. The molecule has 0 amide bonds. The van der Waals surface area contributed by atoms with Crippen molar-refractivity contribution in [3.63, 3.8) is 0 Å². The van der Waals surface area contributed by atoms with Crippen LogP contribution in [0.4, 0.5) is 5.95 Å². The molecule has 1 aromatic heterocycles. The Bertz CT molecular complexity index is 1300. The van der Waals surface area contributed by atoms with Gasteiger partial charge in [0.15, 0.2) is 17.2 Å². The van der Waals surface area contributed by atoms with E-state index in [1.165, 1.54) is 5.56 Å². The Hall–Kier alpha value is -4.46. The van der Waals surface area contributed by atoms with Gasteiger partial charge in [-0.15, -0.1) is 10.2 Å². The lowest BCUT2D eigenvalue weighted by molar-refractivity contribution is 0.284. The second-order valence-electron chi connectivity index (χ2n) is 7.27. The van der Waals surface area contributed by atoms with Crippen molar-refractivity contribution in [3.05, 3.63) is 99.8 Å². The summed E-state index contributed by atoms with van der Waals surface area (Å²) < 4.78 is 11.4. The molecule has 0 bridgehead atoms. The minimum absolute atomic E-state index is 0.140. The zero-order chi connectivity index (χ0) is 23.0. The van der Waals surface area contributed by atoms with Crippen LogP contribution < -0.4 is 20.5 Å². The number of hydrazone groups is 1. The summed E-state index contributed by atoms with van der Waals surface area (Å²) in [5, 5.41) is 12.1. The first-order valence-electron chi connectivity index (χ1n) is 10.3. The van der Waals surface area contributed by atoms with E-state index in [0.717, 1.165) is 11.1 Å². The summed E-state index contributed by atoms with van der Waals surface area (Å²) >= 11 is 0. The van der Waals surface area contributed by atoms with Crippen LogP contribution in [0.15, 0.2) is 82.7 Å². The third-order valence-corrected chi connectivity index (χ3v) is 4.83. The predicted octanol–water partition coefficient (Wildman–Crippen LogP) is 4.17. The molecular weight excluding hydrogens is 418 g/mol. The molecule has 1 heterocycles. The minimum Gasteiger partial charge on any atom is -0.493 e. The number of ether oxygens (including phenoxy) is 2. The quantitative estimate of drug-likeness (QED) is 0.314. The monoisotopic (exact) mass is 441 g/mol. The lowest BCUT2D eigenvalue weighted by Gasteiger charge is -2.11. The fraction of sp³-hybridized carbons (Fsp3) is 0.120. The van der Waals surface area contributed by atoms with Gasteiger partial charge in [-0.2, -0.15) is 5.10 Å². The van der Waals surface area contributed by atoms with Crippen molar-refractivity contribution in [2.24, 2.45) is 5.10 Å². The molecule has 0 unspecified atom stereocenters. The summed E-state index contributed by atoms with van der Waals surface area (Å²) in [5.74, 6) is 1.36. The summed E-state index contributed by atoms with van der Waals surface area (Å²) in [7, 11) is 1.59. The zero-order valence-electron chi connectivity index (χ0n) is 18.3. The van der Waals surface area contributed by atoms with Crippen molar-refractivity contribution in [1.29, 1.82) is 0 Å². The highest BCUT2D eigenvalue weighted by Gasteiger charge is 2.07. The summed E-state index contributed by atoms with van der Waals surface area (Å²) in [6, 6.07) is 22.8. The van der Waals surface area contributed by atoms with E-state index in [0.29, 0.717) is 23.7 Å². The van der Waals surface area contributed by atoms with E-state index in [1.54, 1.807) is 25.5 Å². The van der Waals surface area contributed by atoms with Crippen LogP contribution in [0.25, 0.3) is 11.3 Å². The molecule has 2 N–H and O–H groups in total. The molecule has 0 aliphatic rings. The second kappa shape index (κ2) is 10.2. The predicted molar refractivity (Wildman–Crippen MR) is 128 cm³/mol. The van der Waals surface area contributed by atoms with E-state index in [4.69, 9.17) is 9.47 Å². The van der Waals surface area contributed by atoms with Crippen LogP contribution in [-0.4, -0.2) is 28.5 Å². The lowest BCUT2D eigenvalue weighted by Crippen LogP contribution is -2.15. The Morgan fingerprint density at radius 1 is 1.00 bits per heavy atom. The number of methoxy groups -OCH3 is 1. The molecule has 0 atom stereocenters. The molecule has 0 saturated carbocycles. The van der Waals surface area contributed by atoms with Crippen molar-refractivity contribution < 1.29 is 9.47 Å². The minimum atomic E-state index is -0.356. The summed E-state index contributed by atoms with van der Waals surface area (Å²) in [6.07, 6.45) is 1.58. The van der Waals surface area contributed by atoms with E-state index in [9.17, 15) is 4.79 Å². The fourth-order valence-corrected chi connectivity index (χ4v) is 3.07. The fourth-order valence-electron chi connectivity index (χ4n) is 3.07. The maximum atomic E-state index is 12.3. The third-order valence-electron chi connectivity index (χ3n) is 4.83. The number of benzene rings is 3. The molecule has 0 aliphatic heterocycles. The lowest BCUT2D eigenvalue weighted by atomic mass is 10.2. The average molecular weight is 441 g/mol. The summed E-state index contributed by atoms with van der Waals surface area (Å²) in [5.41, 5.74) is 6.32. The van der Waals surface area contributed by atoms with Gasteiger partial charge in [-0.25, -0.2) is 5.43 Å². The molecule has 4 aromatic rings. The van der Waals surface area contributed by atoms with Crippen molar-refractivity contribution in [2.45, 2.75) is 13.5 Å². The highest BCUT2D eigenvalue weighted by atomic mass is 16.5. The number of aryl methyl sites for hydroxylation is 1. The molecule has 8 nitrogen and oxygen atoms in total. The van der Waals surface area contributed by atoms with Gasteiger partial charge in [0.1, 0.15) is 6.61 Å². The molecule has 0 fully saturated rings. The Labute approximate surface area is 190 Å². The number of nitrogens with zero attached hydrogens (tertiary/aromatic N) is 3. The molecule has 166 valence electrons. The Kier molecular flexibility index (Phi) is 6.75. The number of hydrogen-bond donors (Lipinski definition) is 2. The molecule has 4 rings (SSSR count). The maximum absolute atomic E-state index is 12.3. The van der Waals surface area contributed by atoms with Gasteiger partial charge >= 0.3 is 0 Å². The normalized spacial score (nSPS) is 10.8. The number of aromatic amines is 1. The van der Waals surface area contributed by atoms with E-state index >= 15 is 0 Å². The van der Waals surface area contributed by atoms with Crippen LogP contribution in [0, 0.1) is 6.92 Å². The third kappa shape index (κ3) is 5.62. The number of nitrogens with one attached hydrogen (secondary N) is 2.